The molecule has 3 N–H and O–H groups in total. The van der Waals surface area contributed by atoms with Crippen LogP contribution in [0.15, 0.2) is 67.0 Å². The number of aromatic amines is 1. The minimum absolute atomic E-state index is 0.255. The molecule has 152 valence electrons. The first-order valence-corrected chi connectivity index (χ1v) is 10.4. The SMILES string of the molecule is O=C(Nc1ccccn1)c1cccc(-c2nsc(Nc3ccc4[nH]ncc4c3Cl)n2)c1. The van der Waals surface area contributed by atoms with Crippen molar-refractivity contribution in [1.29, 1.82) is 0 Å². The summed E-state index contributed by atoms with van der Waals surface area (Å²) in [4.78, 5) is 21.2. The van der Waals surface area contributed by atoms with Crippen molar-refractivity contribution in [1.82, 2.24) is 24.5 Å². The number of carbonyl (C=O) groups is 1. The highest BCUT2D eigenvalue weighted by Gasteiger charge is 2.13. The van der Waals surface area contributed by atoms with Crippen LogP contribution in [0.25, 0.3) is 22.3 Å². The Balaban J connectivity index is 1.36. The van der Waals surface area contributed by atoms with Gasteiger partial charge in [-0.25, -0.2) is 4.98 Å². The monoisotopic (exact) mass is 447 g/mol. The van der Waals surface area contributed by atoms with E-state index in [1.165, 1.54) is 11.5 Å². The fourth-order valence-corrected chi connectivity index (χ4v) is 3.87. The van der Waals surface area contributed by atoms with Gasteiger partial charge in [0.25, 0.3) is 5.91 Å². The fraction of sp³-hybridized carbons (Fsp3) is 0. The van der Waals surface area contributed by atoms with Crippen molar-refractivity contribution >= 4 is 56.6 Å². The average molecular weight is 448 g/mol. The third-order valence-corrected chi connectivity index (χ3v) is 5.55. The Morgan fingerprint density at radius 1 is 1.10 bits per heavy atom. The Hall–Kier alpha value is -3.82. The summed E-state index contributed by atoms with van der Waals surface area (Å²) in [5, 5.41) is 14.8. The molecule has 5 aromatic rings. The van der Waals surface area contributed by atoms with Crippen molar-refractivity contribution in [3.8, 4) is 11.4 Å². The van der Waals surface area contributed by atoms with Gasteiger partial charge in [-0.2, -0.15) is 14.5 Å². The Kier molecular flexibility index (Phi) is 5.03. The minimum atomic E-state index is -0.255. The van der Waals surface area contributed by atoms with Crippen LogP contribution in [0.3, 0.4) is 0 Å². The largest absolute Gasteiger partial charge is 0.329 e. The topological polar surface area (TPSA) is 108 Å². The maximum atomic E-state index is 12.5. The van der Waals surface area contributed by atoms with E-state index in [1.54, 1.807) is 42.7 Å². The molecule has 0 aliphatic heterocycles. The number of nitrogens with zero attached hydrogens (tertiary/aromatic N) is 4. The van der Waals surface area contributed by atoms with Crippen LogP contribution in [0.4, 0.5) is 16.6 Å². The normalized spacial score (nSPS) is 10.9. The quantitative estimate of drug-likeness (QED) is 0.345. The number of carbonyl (C=O) groups excluding carboxylic acids is 1. The number of amides is 1. The number of benzene rings is 2. The van der Waals surface area contributed by atoms with Crippen molar-refractivity contribution in [3.63, 3.8) is 0 Å². The van der Waals surface area contributed by atoms with Crippen LogP contribution in [0, 0.1) is 0 Å². The molecule has 1 amide bonds. The summed E-state index contributed by atoms with van der Waals surface area (Å²) in [5.74, 6) is 0.748. The number of aromatic nitrogens is 5. The van der Waals surface area contributed by atoms with E-state index in [9.17, 15) is 4.79 Å². The summed E-state index contributed by atoms with van der Waals surface area (Å²) >= 11 is 7.67. The molecule has 0 spiro atoms. The molecule has 31 heavy (non-hydrogen) atoms. The Bertz CT molecular complexity index is 1380. The smallest absolute Gasteiger partial charge is 0.256 e. The van der Waals surface area contributed by atoms with E-state index in [2.05, 4.69) is 35.2 Å². The van der Waals surface area contributed by atoms with E-state index in [0.29, 0.717) is 33.0 Å². The van der Waals surface area contributed by atoms with Gasteiger partial charge in [-0.3, -0.25) is 9.89 Å². The van der Waals surface area contributed by atoms with Crippen LogP contribution in [0.5, 0.6) is 0 Å². The first-order valence-electron chi connectivity index (χ1n) is 9.22. The maximum absolute atomic E-state index is 12.5. The van der Waals surface area contributed by atoms with E-state index in [1.807, 2.05) is 24.3 Å². The van der Waals surface area contributed by atoms with E-state index in [0.717, 1.165) is 16.5 Å². The van der Waals surface area contributed by atoms with Crippen molar-refractivity contribution in [2.24, 2.45) is 0 Å². The highest BCUT2D eigenvalue weighted by molar-refractivity contribution is 7.10. The van der Waals surface area contributed by atoms with Gasteiger partial charge >= 0.3 is 0 Å². The third-order valence-electron chi connectivity index (χ3n) is 4.52. The Morgan fingerprint density at radius 2 is 2.03 bits per heavy atom. The molecule has 2 aromatic carbocycles. The summed E-state index contributed by atoms with van der Waals surface area (Å²) < 4.78 is 4.41. The van der Waals surface area contributed by atoms with Gasteiger partial charge in [0.2, 0.25) is 5.13 Å². The molecule has 0 saturated carbocycles. The summed E-state index contributed by atoms with van der Waals surface area (Å²) in [6.07, 6.45) is 3.30. The summed E-state index contributed by atoms with van der Waals surface area (Å²) in [7, 11) is 0. The van der Waals surface area contributed by atoms with Crippen LogP contribution in [-0.2, 0) is 0 Å². The molecule has 0 bridgehead atoms. The number of hydrogen-bond acceptors (Lipinski definition) is 7. The van der Waals surface area contributed by atoms with Gasteiger partial charge in [0, 0.05) is 34.2 Å². The van der Waals surface area contributed by atoms with Gasteiger partial charge in [-0.05, 0) is 36.4 Å². The van der Waals surface area contributed by atoms with Gasteiger partial charge in [-0.1, -0.05) is 29.8 Å². The number of hydrogen-bond donors (Lipinski definition) is 3. The van der Waals surface area contributed by atoms with Crippen molar-refractivity contribution in [2.45, 2.75) is 0 Å². The van der Waals surface area contributed by atoms with Crippen molar-refractivity contribution in [3.05, 3.63) is 77.6 Å². The molecule has 3 heterocycles. The van der Waals surface area contributed by atoms with Crippen molar-refractivity contribution < 1.29 is 4.79 Å². The van der Waals surface area contributed by atoms with Crippen LogP contribution < -0.4 is 10.6 Å². The predicted octanol–water partition coefficient (Wildman–Crippen LogP) is 5.13. The summed E-state index contributed by atoms with van der Waals surface area (Å²) in [6.45, 7) is 0. The highest BCUT2D eigenvalue weighted by atomic mass is 35.5. The number of pyridine rings is 1. The molecule has 3 aromatic heterocycles. The second kappa shape index (κ2) is 8.13. The number of nitrogens with one attached hydrogen (secondary N) is 3. The third kappa shape index (κ3) is 3.96. The molecule has 0 saturated heterocycles. The number of fused-ring (bicyclic) bond motifs is 1. The highest BCUT2D eigenvalue weighted by Crippen LogP contribution is 2.33. The number of anilines is 3. The van der Waals surface area contributed by atoms with E-state index < -0.39 is 0 Å². The second-order valence-corrected chi connectivity index (χ2v) is 7.69. The lowest BCUT2D eigenvalue weighted by molar-refractivity contribution is 0.102. The molecular formula is C21H14ClN7OS. The zero-order valence-electron chi connectivity index (χ0n) is 15.8. The lowest BCUT2D eigenvalue weighted by Crippen LogP contribution is -2.12. The van der Waals surface area contributed by atoms with Crippen LogP contribution in [-0.4, -0.2) is 30.4 Å². The van der Waals surface area contributed by atoms with Crippen LogP contribution >= 0.6 is 23.1 Å². The summed E-state index contributed by atoms with van der Waals surface area (Å²) in [5.41, 5.74) is 2.78. The molecule has 0 aliphatic rings. The zero-order valence-corrected chi connectivity index (χ0v) is 17.4. The number of H-pyrrole nitrogens is 1. The van der Waals surface area contributed by atoms with Gasteiger partial charge < -0.3 is 10.6 Å². The zero-order chi connectivity index (χ0) is 21.2. The Labute approximate surface area is 185 Å². The number of rotatable bonds is 5. The first-order chi connectivity index (χ1) is 15.2. The lowest BCUT2D eigenvalue weighted by atomic mass is 10.1. The van der Waals surface area contributed by atoms with Gasteiger partial charge in [-0.15, -0.1) is 0 Å². The minimum Gasteiger partial charge on any atom is -0.329 e. The van der Waals surface area contributed by atoms with Crippen LogP contribution in [0.1, 0.15) is 10.4 Å². The molecule has 0 radical (unpaired) electrons. The molecule has 10 heteroatoms. The fourth-order valence-electron chi connectivity index (χ4n) is 3.01. The maximum Gasteiger partial charge on any atom is 0.256 e. The average Bonchev–Trinajstić information content (AvgIpc) is 3.47. The lowest BCUT2D eigenvalue weighted by Gasteiger charge is -2.06. The molecular weight excluding hydrogens is 434 g/mol. The first kappa shape index (κ1) is 19.2. The van der Waals surface area contributed by atoms with Crippen LogP contribution in [0.2, 0.25) is 5.02 Å². The standard InChI is InChI=1S/C21H14ClN7OS/c22-18-14-11-24-28-15(14)7-8-16(18)25-21-27-19(29-31-21)12-4-3-5-13(10-12)20(30)26-17-6-1-2-9-23-17/h1-11H,(H,24,28)(H,23,26,30)(H,25,27,29). The second-order valence-electron chi connectivity index (χ2n) is 6.56. The molecule has 0 unspecified atom stereocenters. The molecule has 8 nitrogen and oxygen atoms in total. The number of halogens is 1. The summed E-state index contributed by atoms with van der Waals surface area (Å²) in [6, 6.07) is 16.2. The predicted molar refractivity (Wildman–Crippen MR) is 122 cm³/mol. The van der Waals surface area contributed by atoms with Gasteiger partial charge in [0.1, 0.15) is 5.82 Å². The molecule has 5 rings (SSSR count). The van der Waals surface area contributed by atoms with E-state index in [-0.39, 0.29) is 5.91 Å². The van der Waals surface area contributed by atoms with E-state index >= 15 is 0 Å². The Morgan fingerprint density at radius 3 is 2.90 bits per heavy atom. The van der Waals surface area contributed by atoms with Crippen molar-refractivity contribution in [2.75, 3.05) is 10.6 Å². The van der Waals surface area contributed by atoms with Gasteiger partial charge in [0.05, 0.1) is 22.4 Å². The molecule has 0 atom stereocenters. The molecule has 0 fully saturated rings. The molecule has 0 aliphatic carbocycles. The van der Waals surface area contributed by atoms with Gasteiger partial charge in [0.15, 0.2) is 5.82 Å². The van der Waals surface area contributed by atoms with E-state index in [4.69, 9.17) is 11.6 Å².